The van der Waals surface area contributed by atoms with Gasteiger partial charge in [0.25, 0.3) is 0 Å². The molecule has 0 spiro atoms. The molecule has 0 saturated carbocycles. The van der Waals surface area contributed by atoms with E-state index in [0.717, 1.165) is 39.0 Å². The van der Waals surface area contributed by atoms with Crippen LogP contribution in [0.15, 0.2) is 217 Å². The minimum Gasteiger partial charge on any atom is -0.456 e. The van der Waals surface area contributed by atoms with Crippen molar-refractivity contribution >= 4 is 49.8 Å². The molecule has 0 radical (unpaired) electrons. The van der Waals surface area contributed by atoms with Crippen LogP contribution in [0.2, 0.25) is 0 Å². The molecule has 0 aliphatic heterocycles. The molecular formula is C53H35NO. The van der Waals surface area contributed by atoms with Crippen LogP contribution in [0.4, 0.5) is 17.1 Å². The minimum atomic E-state index is -0.544. The molecule has 9 aromatic carbocycles. The first-order valence-corrected chi connectivity index (χ1v) is 18.9. The zero-order valence-electron chi connectivity index (χ0n) is 30.1. The van der Waals surface area contributed by atoms with Gasteiger partial charge in [0.1, 0.15) is 11.2 Å². The van der Waals surface area contributed by atoms with Crippen LogP contribution in [0, 0.1) is 0 Å². The van der Waals surface area contributed by atoms with Gasteiger partial charge in [-0.3, -0.25) is 0 Å². The maximum Gasteiger partial charge on any atom is 0.135 e. The lowest BCUT2D eigenvalue weighted by Crippen LogP contribution is -2.28. The smallest absolute Gasteiger partial charge is 0.135 e. The van der Waals surface area contributed by atoms with E-state index >= 15 is 0 Å². The van der Waals surface area contributed by atoms with E-state index in [1.807, 2.05) is 6.07 Å². The average Bonchev–Trinajstić information content (AvgIpc) is 3.78. The Morgan fingerprint density at radius 2 is 0.891 bits per heavy atom. The van der Waals surface area contributed by atoms with Gasteiger partial charge < -0.3 is 9.32 Å². The van der Waals surface area contributed by atoms with Gasteiger partial charge in [-0.05, 0) is 110 Å². The summed E-state index contributed by atoms with van der Waals surface area (Å²) in [7, 11) is 0. The van der Waals surface area contributed by atoms with E-state index < -0.39 is 5.41 Å². The van der Waals surface area contributed by atoms with Gasteiger partial charge in [0.05, 0.1) is 5.41 Å². The zero-order chi connectivity index (χ0) is 36.3. The van der Waals surface area contributed by atoms with Gasteiger partial charge in [-0.1, -0.05) is 158 Å². The van der Waals surface area contributed by atoms with Crippen LogP contribution in [0.25, 0.3) is 55.0 Å². The second kappa shape index (κ2) is 12.5. The molecular weight excluding hydrogens is 667 g/mol. The number of hydrogen-bond donors (Lipinski definition) is 0. The fourth-order valence-electron chi connectivity index (χ4n) is 9.04. The topological polar surface area (TPSA) is 16.4 Å². The van der Waals surface area contributed by atoms with Crippen LogP contribution in [0.3, 0.4) is 0 Å². The Balaban J connectivity index is 1.06. The molecule has 0 atom stereocenters. The molecule has 258 valence electrons. The number of furan rings is 1. The second-order valence-corrected chi connectivity index (χ2v) is 14.5. The summed E-state index contributed by atoms with van der Waals surface area (Å²) in [5, 5.41) is 4.77. The Kier molecular flexibility index (Phi) is 7.11. The molecule has 0 N–H and O–H groups in total. The number of nitrogens with zero attached hydrogens (tertiary/aromatic N) is 1. The van der Waals surface area contributed by atoms with Gasteiger partial charge in [0.2, 0.25) is 0 Å². The number of para-hydroxylation sites is 2. The summed E-state index contributed by atoms with van der Waals surface area (Å²) in [5.74, 6) is 0. The highest BCUT2D eigenvalue weighted by molar-refractivity contribution is 6.05. The van der Waals surface area contributed by atoms with Crippen molar-refractivity contribution in [1.82, 2.24) is 0 Å². The van der Waals surface area contributed by atoms with Crippen LogP contribution in [0.1, 0.15) is 22.3 Å². The van der Waals surface area contributed by atoms with Gasteiger partial charge in [-0.15, -0.1) is 0 Å². The Hall–Kier alpha value is -7.16. The molecule has 1 aromatic heterocycles. The van der Waals surface area contributed by atoms with Gasteiger partial charge >= 0.3 is 0 Å². The van der Waals surface area contributed by atoms with Crippen molar-refractivity contribution < 1.29 is 4.42 Å². The molecule has 0 unspecified atom stereocenters. The third-order valence-corrected chi connectivity index (χ3v) is 11.5. The maximum atomic E-state index is 6.51. The molecule has 11 rings (SSSR count). The predicted octanol–water partition coefficient (Wildman–Crippen LogP) is 14.2. The lowest BCUT2D eigenvalue weighted by atomic mass is 9.67. The number of hydrogen-bond acceptors (Lipinski definition) is 2. The number of fused-ring (bicyclic) bond motifs is 7. The summed E-state index contributed by atoms with van der Waals surface area (Å²) in [5.41, 5.74) is 14.5. The van der Waals surface area contributed by atoms with Crippen LogP contribution >= 0.6 is 0 Å². The summed E-state index contributed by atoms with van der Waals surface area (Å²) >= 11 is 0. The maximum absolute atomic E-state index is 6.51. The summed E-state index contributed by atoms with van der Waals surface area (Å²) in [6, 6.07) is 77.0. The largest absolute Gasteiger partial charge is 0.456 e. The molecule has 0 amide bonds. The second-order valence-electron chi connectivity index (χ2n) is 14.5. The first-order valence-electron chi connectivity index (χ1n) is 18.9. The van der Waals surface area contributed by atoms with Crippen molar-refractivity contribution in [2.75, 3.05) is 4.90 Å². The number of anilines is 3. The molecule has 55 heavy (non-hydrogen) atoms. The SMILES string of the molecule is c1ccc(N(c2ccc(-c3ccc4ccccc4c3)cc2)c2ccc(C3(c4ccc5c(c4)oc4ccccc45)c4ccccc4-c4ccccc43)cc2)cc1. The van der Waals surface area contributed by atoms with Crippen LogP contribution in [-0.2, 0) is 5.41 Å². The minimum absolute atomic E-state index is 0.544. The molecule has 0 bridgehead atoms. The van der Waals surface area contributed by atoms with Crippen molar-refractivity contribution in [2.24, 2.45) is 0 Å². The Labute approximate surface area is 320 Å². The fourth-order valence-corrected chi connectivity index (χ4v) is 9.04. The normalized spacial score (nSPS) is 12.9. The van der Waals surface area contributed by atoms with Crippen molar-refractivity contribution in [3.05, 3.63) is 235 Å². The van der Waals surface area contributed by atoms with Gasteiger partial charge in [-0.25, -0.2) is 0 Å². The van der Waals surface area contributed by atoms with E-state index in [2.05, 4.69) is 211 Å². The Morgan fingerprint density at radius 1 is 0.345 bits per heavy atom. The average molecular weight is 702 g/mol. The summed E-state index contributed by atoms with van der Waals surface area (Å²) in [6.45, 7) is 0. The van der Waals surface area contributed by atoms with E-state index in [9.17, 15) is 0 Å². The van der Waals surface area contributed by atoms with E-state index in [1.54, 1.807) is 0 Å². The fraction of sp³-hybridized carbons (Fsp3) is 0.0189. The van der Waals surface area contributed by atoms with E-state index in [0.29, 0.717) is 0 Å². The van der Waals surface area contributed by atoms with Crippen LogP contribution < -0.4 is 4.90 Å². The highest BCUT2D eigenvalue weighted by Crippen LogP contribution is 2.56. The molecule has 1 heterocycles. The number of rotatable bonds is 6. The molecule has 1 aliphatic carbocycles. The van der Waals surface area contributed by atoms with Crippen molar-refractivity contribution in [1.29, 1.82) is 0 Å². The van der Waals surface area contributed by atoms with Crippen LogP contribution in [0.5, 0.6) is 0 Å². The lowest BCUT2D eigenvalue weighted by Gasteiger charge is -2.34. The van der Waals surface area contributed by atoms with Crippen LogP contribution in [-0.4, -0.2) is 0 Å². The van der Waals surface area contributed by atoms with Gasteiger partial charge in [0, 0.05) is 27.8 Å². The summed E-state index contributed by atoms with van der Waals surface area (Å²) in [4.78, 5) is 2.34. The third kappa shape index (κ3) is 4.89. The van der Waals surface area contributed by atoms with E-state index in [1.165, 1.54) is 55.3 Å². The Bertz CT molecular complexity index is 2980. The Morgan fingerprint density at radius 3 is 1.64 bits per heavy atom. The molecule has 1 aliphatic rings. The summed E-state index contributed by atoms with van der Waals surface area (Å²) < 4.78 is 6.51. The molecule has 0 fully saturated rings. The quantitative estimate of drug-likeness (QED) is 0.172. The first-order chi connectivity index (χ1) is 27.3. The zero-order valence-corrected chi connectivity index (χ0v) is 30.1. The van der Waals surface area contributed by atoms with Crippen molar-refractivity contribution in [2.45, 2.75) is 5.41 Å². The standard InChI is InChI=1S/C53H35NO/c1-2-14-42(15-3-1)54(43-29-24-37(25-30-43)39-23-22-36-12-4-5-13-38(36)34-39)44-31-26-40(27-32-44)53(49-19-9-6-16-45(49)46-17-7-10-20-50(46)53)41-28-33-48-47-18-8-11-21-51(47)55-52(48)35-41/h1-35H. The van der Waals surface area contributed by atoms with Crippen molar-refractivity contribution in [3.63, 3.8) is 0 Å². The summed E-state index contributed by atoms with van der Waals surface area (Å²) in [6.07, 6.45) is 0. The number of benzene rings is 9. The molecule has 0 saturated heterocycles. The monoisotopic (exact) mass is 701 g/mol. The van der Waals surface area contributed by atoms with Crippen molar-refractivity contribution in [3.8, 4) is 22.3 Å². The molecule has 10 aromatic rings. The van der Waals surface area contributed by atoms with Gasteiger partial charge in [-0.2, -0.15) is 0 Å². The highest BCUT2D eigenvalue weighted by Gasteiger charge is 2.46. The molecule has 2 heteroatoms. The predicted molar refractivity (Wildman–Crippen MR) is 229 cm³/mol. The first kappa shape index (κ1) is 31.4. The van der Waals surface area contributed by atoms with E-state index in [-0.39, 0.29) is 0 Å². The van der Waals surface area contributed by atoms with Gasteiger partial charge in [0.15, 0.2) is 0 Å². The third-order valence-electron chi connectivity index (χ3n) is 11.5. The lowest BCUT2D eigenvalue weighted by molar-refractivity contribution is 0.665. The highest BCUT2D eigenvalue weighted by atomic mass is 16.3. The van der Waals surface area contributed by atoms with E-state index in [4.69, 9.17) is 4.42 Å². The molecule has 2 nitrogen and oxygen atoms in total.